The summed E-state index contributed by atoms with van der Waals surface area (Å²) in [5.74, 6) is 0.856. The van der Waals surface area contributed by atoms with E-state index in [2.05, 4.69) is 0 Å². The molecule has 0 fully saturated rings. The molecule has 12 heavy (non-hydrogen) atoms. The van der Waals surface area contributed by atoms with Gasteiger partial charge in [-0.05, 0) is 17.7 Å². The van der Waals surface area contributed by atoms with Crippen LogP contribution < -0.4 is 4.74 Å². The van der Waals surface area contributed by atoms with Crippen LogP contribution in [0, 0.1) is 0 Å². The average Bonchev–Trinajstić information content (AvgIpc) is 2.03. The molecular formula is C8H10O3S. The summed E-state index contributed by atoms with van der Waals surface area (Å²) in [5, 5.41) is 0. The van der Waals surface area contributed by atoms with E-state index >= 15 is 0 Å². The Morgan fingerprint density at radius 3 is 2.92 bits per heavy atom. The predicted octanol–water partition coefficient (Wildman–Crippen LogP) is 1.42. The van der Waals surface area contributed by atoms with Gasteiger partial charge < -0.3 is 9.29 Å². The lowest BCUT2D eigenvalue weighted by atomic mass is 10.2. The average molecular weight is 186 g/mol. The second-order valence-electron chi connectivity index (χ2n) is 2.32. The summed E-state index contributed by atoms with van der Waals surface area (Å²) in [6, 6.07) is 7.12. The third-order valence-electron chi connectivity index (χ3n) is 1.42. The molecule has 3 nitrogen and oxygen atoms in total. The molecule has 1 aromatic carbocycles. The van der Waals surface area contributed by atoms with E-state index in [9.17, 15) is 4.21 Å². The minimum Gasteiger partial charge on any atom is -0.497 e. The summed E-state index contributed by atoms with van der Waals surface area (Å²) in [7, 11) is 1.56. The van der Waals surface area contributed by atoms with Gasteiger partial charge in [0.15, 0.2) is 11.1 Å². The van der Waals surface area contributed by atoms with Crippen molar-refractivity contribution in [3.05, 3.63) is 29.8 Å². The van der Waals surface area contributed by atoms with E-state index in [0.717, 1.165) is 5.56 Å². The molecular weight excluding hydrogens is 176 g/mol. The summed E-state index contributed by atoms with van der Waals surface area (Å²) >= 11 is -1.78. The first-order chi connectivity index (χ1) is 5.72. The number of benzene rings is 1. The van der Waals surface area contributed by atoms with Crippen molar-refractivity contribution < 1.29 is 13.5 Å². The zero-order valence-corrected chi connectivity index (χ0v) is 7.50. The maximum Gasteiger partial charge on any atom is 0.157 e. The second-order valence-corrected chi connectivity index (χ2v) is 3.25. The second kappa shape index (κ2) is 4.23. The first kappa shape index (κ1) is 9.22. The van der Waals surface area contributed by atoms with Gasteiger partial charge in [0.05, 0.1) is 12.9 Å². The summed E-state index contributed by atoms with van der Waals surface area (Å²) in [5.41, 5.74) is 0.801. The summed E-state index contributed by atoms with van der Waals surface area (Å²) < 4.78 is 24.0. The molecule has 0 heterocycles. The van der Waals surface area contributed by atoms with Crippen LogP contribution in [0.25, 0.3) is 0 Å². The fraction of sp³-hybridized carbons (Fsp3) is 0.250. The van der Waals surface area contributed by atoms with Crippen LogP contribution in [0.3, 0.4) is 0 Å². The topological polar surface area (TPSA) is 46.5 Å². The molecule has 0 saturated carbocycles. The number of ether oxygens (including phenoxy) is 1. The molecule has 0 aliphatic carbocycles. The fourth-order valence-electron chi connectivity index (χ4n) is 0.905. The molecule has 0 amide bonds. The number of methoxy groups -OCH3 is 1. The van der Waals surface area contributed by atoms with Gasteiger partial charge in [0.2, 0.25) is 0 Å². The Hall–Kier alpha value is -0.870. The van der Waals surface area contributed by atoms with Crippen molar-refractivity contribution in [1.29, 1.82) is 0 Å². The van der Waals surface area contributed by atoms with Gasteiger partial charge in [0.25, 0.3) is 0 Å². The molecule has 0 aliphatic rings. The van der Waals surface area contributed by atoms with Crippen molar-refractivity contribution in [1.82, 2.24) is 0 Å². The Bertz CT molecular complexity index is 285. The lowest BCUT2D eigenvalue weighted by Crippen LogP contribution is -1.93. The molecule has 66 valence electrons. The number of hydrogen-bond acceptors (Lipinski definition) is 2. The van der Waals surface area contributed by atoms with Crippen LogP contribution in [0.4, 0.5) is 0 Å². The van der Waals surface area contributed by atoms with Crippen molar-refractivity contribution in [3.8, 4) is 5.75 Å². The van der Waals surface area contributed by atoms with Crippen LogP contribution in [0.5, 0.6) is 5.75 Å². The first-order valence-electron chi connectivity index (χ1n) is 3.43. The monoisotopic (exact) mass is 186 g/mol. The fourth-order valence-corrected chi connectivity index (χ4v) is 1.37. The predicted molar refractivity (Wildman–Crippen MR) is 47.5 cm³/mol. The van der Waals surface area contributed by atoms with Gasteiger partial charge in [-0.1, -0.05) is 12.1 Å². The molecule has 0 saturated heterocycles. The Kier molecular flexibility index (Phi) is 3.25. The van der Waals surface area contributed by atoms with Crippen molar-refractivity contribution in [2.45, 2.75) is 5.75 Å². The molecule has 0 aromatic heterocycles. The van der Waals surface area contributed by atoms with Crippen molar-refractivity contribution in [2.75, 3.05) is 7.11 Å². The summed E-state index contributed by atoms with van der Waals surface area (Å²) in [6.45, 7) is 0. The molecule has 4 heteroatoms. The van der Waals surface area contributed by atoms with Gasteiger partial charge in [0, 0.05) is 0 Å². The van der Waals surface area contributed by atoms with Crippen LogP contribution >= 0.6 is 0 Å². The third kappa shape index (κ3) is 2.64. The highest BCUT2D eigenvalue weighted by Gasteiger charge is 1.98. The minimum atomic E-state index is -1.78. The molecule has 0 bridgehead atoms. The van der Waals surface area contributed by atoms with E-state index in [1.807, 2.05) is 0 Å². The van der Waals surface area contributed by atoms with Crippen molar-refractivity contribution in [2.24, 2.45) is 0 Å². The Balaban J connectivity index is 2.79. The van der Waals surface area contributed by atoms with Gasteiger partial charge in [-0.15, -0.1) is 0 Å². The van der Waals surface area contributed by atoms with Crippen molar-refractivity contribution in [3.63, 3.8) is 0 Å². The zero-order valence-electron chi connectivity index (χ0n) is 6.69. The highest BCUT2D eigenvalue weighted by molar-refractivity contribution is 7.78. The maximum atomic E-state index is 10.4. The summed E-state index contributed by atoms with van der Waals surface area (Å²) in [4.78, 5) is 0. The van der Waals surface area contributed by atoms with Gasteiger partial charge in [-0.3, -0.25) is 0 Å². The molecule has 1 unspecified atom stereocenters. The standard InChI is InChI=1S/C8H10O3S/c1-11-8-4-2-3-7(5-8)6-12(9)10/h2-5H,6H2,1H3,(H,9,10). The Morgan fingerprint density at radius 2 is 2.33 bits per heavy atom. The largest absolute Gasteiger partial charge is 0.497 e. The molecule has 0 radical (unpaired) electrons. The van der Waals surface area contributed by atoms with Gasteiger partial charge in [-0.25, -0.2) is 4.21 Å². The highest BCUT2D eigenvalue weighted by Crippen LogP contribution is 2.13. The van der Waals surface area contributed by atoms with Gasteiger partial charge >= 0.3 is 0 Å². The van der Waals surface area contributed by atoms with Crippen LogP contribution in [0.2, 0.25) is 0 Å². The normalized spacial score (nSPS) is 12.5. The molecule has 0 spiro atoms. The number of rotatable bonds is 3. The summed E-state index contributed by atoms with van der Waals surface area (Å²) in [6.07, 6.45) is 0. The van der Waals surface area contributed by atoms with Gasteiger partial charge in [0.1, 0.15) is 5.75 Å². The number of hydrogen-bond donors (Lipinski definition) is 1. The van der Waals surface area contributed by atoms with Crippen LogP contribution in [0.1, 0.15) is 5.56 Å². The van der Waals surface area contributed by atoms with E-state index in [-0.39, 0.29) is 5.75 Å². The lowest BCUT2D eigenvalue weighted by molar-refractivity contribution is 0.414. The van der Waals surface area contributed by atoms with Gasteiger partial charge in [-0.2, -0.15) is 0 Å². The van der Waals surface area contributed by atoms with E-state index in [1.54, 1.807) is 31.4 Å². The molecule has 1 aromatic rings. The quantitative estimate of drug-likeness (QED) is 0.726. The Labute approximate surface area is 73.7 Å². The molecule has 1 rings (SSSR count). The van der Waals surface area contributed by atoms with E-state index < -0.39 is 11.1 Å². The van der Waals surface area contributed by atoms with Crippen molar-refractivity contribution >= 4 is 11.1 Å². The lowest BCUT2D eigenvalue weighted by Gasteiger charge is -2.01. The van der Waals surface area contributed by atoms with E-state index in [0.29, 0.717) is 5.75 Å². The van der Waals surface area contributed by atoms with Crippen LogP contribution in [-0.2, 0) is 16.8 Å². The molecule has 1 atom stereocenters. The highest BCUT2D eigenvalue weighted by atomic mass is 32.2. The zero-order chi connectivity index (χ0) is 8.97. The van der Waals surface area contributed by atoms with Crippen LogP contribution in [-0.4, -0.2) is 15.9 Å². The molecule has 1 N–H and O–H groups in total. The minimum absolute atomic E-state index is 0.150. The SMILES string of the molecule is COc1cccc(CS(=O)O)c1. The Morgan fingerprint density at radius 1 is 1.58 bits per heavy atom. The van der Waals surface area contributed by atoms with E-state index in [4.69, 9.17) is 9.29 Å². The third-order valence-corrected chi connectivity index (χ3v) is 2.00. The maximum absolute atomic E-state index is 10.4. The molecule has 0 aliphatic heterocycles. The smallest absolute Gasteiger partial charge is 0.157 e. The van der Waals surface area contributed by atoms with E-state index in [1.165, 1.54) is 0 Å². The van der Waals surface area contributed by atoms with Crippen LogP contribution in [0.15, 0.2) is 24.3 Å². The first-order valence-corrected chi connectivity index (χ1v) is 4.70.